The SMILES string of the molecule is [C-]#[N+]c1ccc(N(c2ccc(C#N)cc2)c2ccc3c(c2)c2ccccc2n3-c2ccc(-c3cc(-c4ccccc4)nc(-c4ccccc4)n3)c(C#N)c2)cc1. The van der Waals surface area contributed by atoms with E-state index in [0.717, 1.165) is 66.9 Å². The molecule has 0 bridgehead atoms. The number of benzene rings is 7. The van der Waals surface area contributed by atoms with Gasteiger partial charge in [-0.25, -0.2) is 14.8 Å². The Morgan fingerprint density at radius 3 is 1.86 bits per heavy atom. The van der Waals surface area contributed by atoms with E-state index in [-0.39, 0.29) is 0 Å². The van der Waals surface area contributed by atoms with Crippen molar-refractivity contribution in [3.8, 4) is 51.7 Å². The maximum absolute atomic E-state index is 10.6. The number of hydrogen-bond donors (Lipinski definition) is 0. The summed E-state index contributed by atoms with van der Waals surface area (Å²) in [5, 5.41) is 22.2. The summed E-state index contributed by atoms with van der Waals surface area (Å²) in [6, 6.07) is 62.1. The molecule has 260 valence electrons. The van der Waals surface area contributed by atoms with Gasteiger partial charge in [0.05, 0.1) is 52.3 Å². The zero-order chi connectivity index (χ0) is 38.0. The smallest absolute Gasteiger partial charge is 0.187 e. The first kappa shape index (κ1) is 33.5. The Bertz CT molecular complexity index is 2920. The van der Waals surface area contributed by atoms with Crippen LogP contribution in [0, 0.1) is 29.2 Å². The number of hydrogen-bond acceptors (Lipinski definition) is 5. The van der Waals surface area contributed by atoms with Gasteiger partial charge in [-0.3, -0.25) is 0 Å². The third kappa shape index (κ3) is 6.06. The molecule has 0 spiro atoms. The second-order valence-electron chi connectivity index (χ2n) is 13.2. The highest BCUT2D eigenvalue weighted by molar-refractivity contribution is 6.10. The fourth-order valence-corrected chi connectivity index (χ4v) is 7.23. The monoisotopic (exact) mass is 715 g/mol. The molecule has 0 fully saturated rings. The van der Waals surface area contributed by atoms with Crippen LogP contribution < -0.4 is 4.90 Å². The number of fused-ring (bicyclic) bond motifs is 3. The largest absolute Gasteiger partial charge is 0.311 e. The maximum Gasteiger partial charge on any atom is 0.187 e. The van der Waals surface area contributed by atoms with Gasteiger partial charge in [-0.15, -0.1) is 0 Å². The van der Waals surface area contributed by atoms with Crippen LogP contribution in [0.5, 0.6) is 0 Å². The molecule has 0 aliphatic carbocycles. The minimum Gasteiger partial charge on any atom is -0.311 e. The normalized spacial score (nSPS) is 10.8. The van der Waals surface area contributed by atoms with Crippen LogP contribution in [0.3, 0.4) is 0 Å². The van der Waals surface area contributed by atoms with Crippen LogP contribution in [0.15, 0.2) is 176 Å². The van der Waals surface area contributed by atoms with Crippen LogP contribution in [0.4, 0.5) is 22.7 Å². The second kappa shape index (κ2) is 14.3. The van der Waals surface area contributed by atoms with Gasteiger partial charge >= 0.3 is 0 Å². The molecule has 0 atom stereocenters. The van der Waals surface area contributed by atoms with Crippen molar-refractivity contribution in [3.05, 3.63) is 198 Å². The summed E-state index contributed by atoms with van der Waals surface area (Å²) in [6.45, 7) is 7.45. The standard InChI is InChI=1S/C49H29N7/c1-52-37-18-22-39(23-19-37)55(38-20-16-33(31-50)17-21-38)41-25-27-48-44(29-41)43-14-8-9-15-47(43)56(48)40-24-26-42(36(28-40)32-51)46-30-45(34-10-4-2-5-11-34)53-49(54-46)35-12-6-3-7-13-35/h2-30H. The minimum absolute atomic E-state index is 0.497. The van der Waals surface area contributed by atoms with Crippen molar-refractivity contribution in [1.82, 2.24) is 14.5 Å². The van der Waals surface area contributed by atoms with Crippen molar-refractivity contribution in [2.24, 2.45) is 0 Å². The zero-order valence-electron chi connectivity index (χ0n) is 29.9. The average molecular weight is 716 g/mol. The second-order valence-corrected chi connectivity index (χ2v) is 13.2. The van der Waals surface area contributed by atoms with Gasteiger partial charge in [-0.2, -0.15) is 10.5 Å². The van der Waals surface area contributed by atoms with Gasteiger partial charge in [0.2, 0.25) is 0 Å². The Morgan fingerprint density at radius 2 is 1.16 bits per heavy atom. The van der Waals surface area contributed by atoms with Crippen LogP contribution in [-0.4, -0.2) is 14.5 Å². The Labute approximate surface area is 323 Å². The van der Waals surface area contributed by atoms with Gasteiger partial charge in [0, 0.05) is 50.2 Å². The molecular formula is C49H29N7. The van der Waals surface area contributed by atoms with E-state index in [1.807, 2.05) is 146 Å². The molecule has 56 heavy (non-hydrogen) atoms. The van der Waals surface area contributed by atoms with E-state index in [1.54, 1.807) is 0 Å². The Hall–Kier alpha value is -8.31. The van der Waals surface area contributed by atoms with Crippen molar-refractivity contribution in [3.63, 3.8) is 0 Å². The lowest BCUT2D eigenvalue weighted by Gasteiger charge is -2.26. The number of rotatable bonds is 7. The van der Waals surface area contributed by atoms with E-state index in [2.05, 4.69) is 56.8 Å². The molecule has 0 saturated carbocycles. The Kier molecular flexibility index (Phi) is 8.53. The van der Waals surface area contributed by atoms with Crippen LogP contribution >= 0.6 is 0 Å². The van der Waals surface area contributed by atoms with Crippen molar-refractivity contribution in [1.29, 1.82) is 10.5 Å². The molecule has 7 heteroatoms. The molecule has 0 saturated heterocycles. The average Bonchev–Trinajstić information content (AvgIpc) is 3.61. The minimum atomic E-state index is 0.497. The summed E-state index contributed by atoms with van der Waals surface area (Å²) in [6.07, 6.45) is 0. The summed E-state index contributed by atoms with van der Waals surface area (Å²) in [5.74, 6) is 0.588. The molecule has 7 nitrogen and oxygen atoms in total. The summed E-state index contributed by atoms with van der Waals surface area (Å²) in [7, 11) is 0. The predicted molar refractivity (Wildman–Crippen MR) is 223 cm³/mol. The molecule has 2 heterocycles. The van der Waals surface area contributed by atoms with Gasteiger partial charge in [0.1, 0.15) is 0 Å². The first-order valence-corrected chi connectivity index (χ1v) is 18.0. The summed E-state index contributed by atoms with van der Waals surface area (Å²) in [5.41, 5.74) is 11.2. The molecule has 0 amide bonds. The highest BCUT2D eigenvalue weighted by Crippen LogP contribution is 2.41. The number of nitrogens with zero attached hydrogens (tertiary/aromatic N) is 7. The molecule has 9 aromatic rings. The first-order chi connectivity index (χ1) is 27.6. The third-order valence-corrected chi connectivity index (χ3v) is 9.89. The Balaban J connectivity index is 1.19. The van der Waals surface area contributed by atoms with Crippen molar-refractivity contribution in [2.75, 3.05) is 4.90 Å². The van der Waals surface area contributed by atoms with Crippen LogP contribution in [0.25, 0.3) is 66.2 Å². The highest BCUT2D eigenvalue weighted by atomic mass is 15.1. The highest BCUT2D eigenvalue weighted by Gasteiger charge is 2.19. The maximum atomic E-state index is 10.6. The summed E-state index contributed by atoms with van der Waals surface area (Å²) < 4.78 is 2.19. The van der Waals surface area contributed by atoms with Gasteiger partial charge in [0.15, 0.2) is 11.5 Å². The topological polar surface area (TPSA) is 85.9 Å². The van der Waals surface area contributed by atoms with Gasteiger partial charge in [-0.1, -0.05) is 91.0 Å². The lowest BCUT2D eigenvalue weighted by Crippen LogP contribution is -2.09. The van der Waals surface area contributed by atoms with E-state index < -0.39 is 0 Å². The van der Waals surface area contributed by atoms with Crippen LogP contribution in [-0.2, 0) is 0 Å². The van der Waals surface area contributed by atoms with Crippen LogP contribution in [0.1, 0.15) is 11.1 Å². The third-order valence-electron chi connectivity index (χ3n) is 9.89. The van der Waals surface area contributed by atoms with Crippen molar-refractivity contribution >= 4 is 44.6 Å². The zero-order valence-corrected chi connectivity index (χ0v) is 29.9. The fraction of sp³-hybridized carbons (Fsp3) is 0. The molecule has 0 aliphatic heterocycles. The first-order valence-electron chi connectivity index (χ1n) is 18.0. The summed E-state index contributed by atoms with van der Waals surface area (Å²) in [4.78, 5) is 15.6. The van der Waals surface area contributed by atoms with E-state index >= 15 is 0 Å². The number of anilines is 3. The van der Waals surface area contributed by atoms with E-state index in [1.165, 1.54) is 0 Å². The lowest BCUT2D eigenvalue weighted by atomic mass is 10.0. The number of nitriles is 2. The lowest BCUT2D eigenvalue weighted by molar-refractivity contribution is 1.16. The van der Waals surface area contributed by atoms with Crippen molar-refractivity contribution in [2.45, 2.75) is 0 Å². The number of aromatic nitrogens is 3. The molecule has 0 unspecified atom stereocenters. The van der Waals surface area contributed by atoms with E-state index in [9.17, 15) is 10.5 Å². The van der Waals surface area contributed by atoms with Crippen molar-refractivity contribution < 1.29 is 0 Å². The summed E-state index contributed by atoms with van der Waals surface area (Å²) >= 11 is 0. The molecule has 7 aromatic carbocycles. The van der Waals surface area contributed by atoms with Crippen LogP contribution in [0.2, 0.25) is 0 Å². The van der Waals surface area contributed by atoms with E-state index in [4.69, 9.17) is 16.5 Å². The number of para-hydroxylation sites is 1. The molecule has 9 rings (SSSR count). The fourth-order valence-electron chi connectivity index (χ4n) is 7.23. The molecule has 0 aliphatic rings. The van der Waals surface area contributed by atoms with E-state index in [0.29, 0.717) is 28.3 Å². The molecule has 0 radical (unpaired) electrons. The molecule has 0 N–H and O–H groups in total. The predicted octanol–water partition coefficient (Wildman–Crippen LogP) is 12.3. The van der Waals surface area contributed by atoms with Gasteiger partial charge in [0.25, 0.3) is 0 Å². The quantitative estimate of drug-likeness (QED) is 0.153. The van der Waals surface area contributed by atoms with Gasteiger partial charge in [-0.05, 0) is 84.9 Å². The Morgan fingerprint density at radius 1 is 0.536 bits per heavy atom. The van der Waals surface area contributed by atoms with Gasteiger partial charge < -0.3 is 9.47 Å². The molecular weight excluding hydrogens is 687 g/mol. The molecule has 2 aromatic heterocycles.